The van der Waals surface area contributed by atoms with E-state index in [1.807, 2.05) is 96.9 Å². The molecule has 28 nitrogen and oxygen atoms in total. The first kappa shape index (κ1) is 113. The van der Waals surface area contributed by atoms with Crippen molar-refractivity contribution in [2.24, 2.45) is 105 Å². The van der Waals surface area contributed by atoms with Crippen molar-refractivity contribution >= 4 is 35.8 Å². The predicted molar refractivity (Wildman–Crippen MR) is 527 cm³/mol. The van der Waals surface area contributed by atoms with Crippen LogP contribution in [0, 0.1) is 105 Å². The summed E-state index contributed by atoms with van der Waals surface area (Å²) in [5, 5.41) is 0. The highest BCUT2D eigenvalue weighted by Crippen LogP contribution is 2.67. The molecule has 0 N–H and O–H groups in total. The highest BCUT2D eigenvalue weighted by molar-refractivity contribution is 5.75. The van der Waals surface area contributed by atoms with Gasteiger partial charge in [0.2, 0.25) is 0 Å². The fourth-order valence-electron chi connectivity index (χ4n) is 30.1. The van der Waals surface area contributed by atoms with Gasteiger partial charge in [-0.25, -0.2) is 0 Å². The van der Waals surface area contributed by atoms with Crippen LogP contribution < -0.4 is 0 Å². The Morgan fingerprint density at radius 2 is 0.723 bits per heavy atom. The summed E-state index contributed by atoms with van der Waals surface area (Å²) >= 11 is 0. The van der Waals surface area contributed by atoms with Crippen LogP contribution in [-0.2, 0) is 133 Å². The third-order valence-corrected chi connectivity index (χ3v) is 36.7. The first-order valence-corrected chi connectivity index (χ1v) is 56.1. The van der Waals surface area contributed by atoms with Gasteiger partial charge in [-0.3, -0.25) is 28.8 Å². The van der Waals surface area contributed by atoms with E-state index in [4.69, 9.17) is 104 Å². The minimum atomic E-state index is -0.343. The quantitative estimate of drug-likeness (QED) is 0.0239. The topological polar surface area (TPSA) is 305 Å². The van der Waals surface area contributed by atoms with E-state index in [1.165, 1.54) is 51.4 Å². The Bertz CT molecular complexity index is 3960. The Labute approximate surface area is 845 Å². The van der Waals surface area contributed by atoms with Crippen molar-refractivity contribution in [3.8, 4) is 0 Å². The van der Waals surface area contributed by atoms with Crippen molar-refractivity contribution < 1.29 is 133 Å². The first-order valence-electron chi connectivity index (χ1n) is 56.1. The number of fused-ring (bicyclic) bond motifs is 4. The molecule has 0 aromatic rings. The summed E-state index contributed by atoms with van der Waals surface area (Å²) in [5.41, 5.74) is -0.987. The van der Waals surface area contributed by atoms with Gasteiger partial charge in [0.25, 0.3) is 0 Å². The van der Waals surface area contributed by atoms with Crippen molar-refractivity contribution in [2.45, 2.75) is 489 Å². The molecule has 0 aromatic carbocycles. The van der Waals surface area contributed by atoms with Crippen LogP contribution in [0.15, 0.2) is 0 Å². The largest absolute Gasteiger partial charge is 0.459 e. The van der Waals surface area contributed by atoms with E-state index in [-0.39, 0.29) is 213 Å². The maximum atomic E-state index is 12.5. The molecule has 28 heteroatoms. The number of rotatable bonds is 39. The molecule has 18 aliphatic carbocycles. The van der Waals surface area contributed by atoms with Gasteiger partial charge in [-0.05, 0) is 296 Å². The number of hydrogen-bond donors (Lipinski definition) is 0. The van der Waals surface area contributed by atoms with E-state index in [9.17, 15) is 28.8 Å². The summed E-state index contributed by atoms with van der Waals surface area (Å²) in [4.78, 5) is 73.5. The first-order chi connectivity index (χ1) is 67.0. The molecule has 141 heavy (non-hydrogen) atoms. The summed E-state index contributed by atoms with van der Waals surface area (Å²) < 4.78 is 129. The standard InChI is InChI=1S/C22H36O6.C20H32O4.C19H32O4.C18H30O4.C17H30O6.C17H28O4/c1-6-13(2)19(23)28-16-11-25-17-15(10-24-18(16)17)26-12-27-20-21(3,4)14-7-8-22(20,5)9-14;1-3-14(2)18(21)24-20-11-15-8-16(12-20)10-19(9-15,13-20)23-17-6-4-5-7-22-17;1-5-13(3)17(20)23-19-10-15-7-16(11-19)9-18(8-15,12-19)22-14(4)21-6-2;1-4-13(3)16(19)22-18-9-14-6-15(10-18)8-17(7-14,11-18)21-12-20-5-2;1-6-11(2)16(18)23-13-8-21-14-12(7-20-15(13)14)22-10-19-9-17(3,4)5;1-4-12(2)15(18)21-17-8-13-5-14(9-17)7-16(6-13,10-17)20-11-19-3/h13-18,20H,6-12H2,1-5H3;14-17H,3-13H2,1-2H3;13-16H,5-12H2,1-4H3;13-15H,4-12H2,1-3H3;11-15H,6-10H2,1-5H3;12-14H,4-11H2,1-3H3. The molecule has 5 aliphatic heterocycles. The van der Waals surface area contributed by atoms with Crippen LogP contribution in [0.2, 0.25) is 0 Å². The van der Waals surface area contributed by atoms with Crippen LogP contribution in [0.25, 0.3) is 0 Å². The molecule has 0 amide bonds. The zero-order chi connectivity index (χ0) is 101. The second kappa shape index (κ2) is 47.8. The van der Waals surface area contributed by atoms with E-state index >= 15 is 0 Å². The van der Waals surface area contributed by atoms with Gasteiger partial charge in [0.15, 0.2) is 24.8 Å². The molecule has 5 heterocycles. The zero-order valence-electron chi connectivity index (χ0n) is 90.9. The maximum absolute atomic E-state index is 12.5. The summed E-state index contributed by atoms with van der Waals surface area (Å²) in [5.74, 6) is 5.21. The lowest BCUT2D eigenvalue weighted by atomic mass is 9.52. The lowest BCUT2D eigenvalue weighted by Crippen LogP contribution is -2.62. The highest BCUT2D eigenvalue weighted by atomic mass is 16.7. The minimum absolute atomic E-state index is 0.00319. The van der Waals surface area contributed by atoms with Gasteiger partial charge < -0.3 is 104 Å². The van der Waals surface area contributed by atoms with Gasteiger partial charge in [-0.2, -0.15) is 0 Å². The van der Waals surface area contributed by atoms with Crippen LogP contribution >= 0.6 is 0 Å². The molecule has 23 fully saturated rings. The molecule has 0 radical (unpaired) electrons. The van der Waals surface area contributed by atoms with Gasteiger partial charge >= 0.3 is 35.8 Å². The fourth-order valence-corrected chi connectivity index (χ4v) is 30.1. The van der Waals surface area contributed by atoms with Crippen molar-refractivity contribution in [2.75, 3.05) is 87.1 Å². The molecule has 27 atom stereocenters. The normalized spacial score (nSPS) is 41.0. The predicted octanol–water partition coefficient (Wildman–Crippen LogP) is 20.7. The smallest absolute Gasteiger partial charge is 0.309 e. The molecule has 808 valence electrons. The van der Waals surface area contributed by atoms with Crippen molar-refractivity contribution in [1.82, 2.24) is 0 Å². The monoisotopic (exact) mass is 1990 g/mol. The number of carbonyl (C=O) groups is 6. The van der Waals surface area contributed by atoms with E-state index < -0.39 is 0 Å². The number of methoxy groups -OCH3 is 1. The molecule has 0 spiro atoms. The van der Waals surface area contributed by atoms with Gasteiger partial charge in [0, 0.05) is 52.6 Å². The third-order valence-electron chi connectivity index (χ3n) is 36.7. The SMILES string of the molecule is CCC(C)C(=O)OC12CC3CC(C1)CC(OC1CCCCO1)(C3)C2.CCC(C)C(=O)OC12CC3CC(CC(OCOC)(C3)C1)C2.CCC(C)C(=O)OC1COC2C(OCOC3C4(C)CCC(C4)C3(C)C)COC12.CCC(C)C(=O)OC1COC2C(OCOCC(C)(C)C)COC12.CCOC(C)OC12CC3CC(CC(OC(=O)C(C)CC)(C3)C1)C2.CCOCOC12CC3CC(C1)CC(OC(=O)C(C)CC)(C3)C2. The zero-order valence-corrected chi connectivity index (χ0v) is 90.9. The minimum Gasteiger partial charge on any atom is -0.459 e. The molecule has 23 rings (SSSR count). The molecule has 18 bridgehead atoms. The Hall–Kier alpha value is -3.82. The van der Waals surface area contributed by atoms with Gasteiger partial charge in [0.05, 0.1) is 97.1 Å². The summed E-state index contributed by atoms with van der Waals surface area (Å²) in [6.07, 6.45) is 35.9. The Morgan fingerprint density at radius 1 is 0.369 bits per heavy atom. The lowest BCUT2D eigenvalue weighted by Gasteiger charge is -2.61. The number of ether oxygens (including phenoxy) is 22. The van der Waals surface area contributed by atoms with Crippen LogP contribution in [0.5, 0.6) is 0 Å². The van der Waals surface area contributed by atoms with Crippen LogP contribution in [-0.4, -0.2) is 235 Å². The maximum Gasteiger partial charge on any atom is 0.309 e. The Morgan fingerprint density at radius 3 is 1.09 bits per heavy atom. The second-order valence-corrected chi connectivity index (χ2v) is 50.4. The fraction of sp³-hybridized carbons (Fsp3) is 0.947. The summed E-state index contributed by atoms with van der Waals surface area (Å²) in [7, 11) is 1.67. The molecule has 27 unspecified atom stereocenters. The molecule has 18 saturated carbocycles. The van der Waals surface area contributed by atoms with E-state index in [2.05, 4.69) is 48.5 Å². The van der Waals surface area contributed by atoms with Crippen molar-refractivity contribution in [3.05, 3.63) is 0 Å². The average molecular weight is 1990 g/mol. The highest BCUT2D eigenvalue weighted by Gasteiger charge is 2.67. The van der Waals surface area contributed by atoms with E-state index in [1.54, 1.807) is 7.11 Å². The number of carbonyl (C=O) groups excluding carboxylic acids is 6. The van der Waals surface area contributed by atoms with Crippen molar-refractivity contribution in [3.63, 3.8) is 0 Å². The lowest BCUT2D eigenvalue weighted by molar-refractivity contribution is -0.290. The second-order valence-electron chi connectivity index (χ2n) is 50.4. The molecular weight excluding hydrogens is 1810 g/mol. The Balaban J connectivity index is 0.000000135. The van der Waals surface area contributed by atoms with Gasteiger partial charge in [-0.15, -0.1) is 0 Å². The number of esters is 6. The van der Waals surface area contributed by atoms with Crippen LogP contribution in [0.4, 0.5) is 0 Å². The Kier molecular flexibility index (Phi) is 38.2. The van der Waals surface area contributed by atoms with E-state index in [0.29, 0.717) is 107 Å². The van der Waals surface area contributed by atoms with Gasteiger partial charge in [-0.1, -0.05) is 125 Å². The average Bonchev–Trinajstić information content (AvgIpc) is 1.73. The number of hydrogen-bond acceptors (Lipinski definition) is 28. The van der Waals surface area contributed by atoms with Gasteiger partial charge in [0.1, 0.15) is 86.2 Å². The van der Waals surface area contributed by atoms with Crippen LogP contribution in [0.3, 0.4) is 0 Å². The van der Waals surface area contributed by atoms with Crippen molar-refractivity contribution in [1.29, 1.82) is 0 Å². The summed E-state index contributed by atoms with van der Waals surface area (Å²) in [6, 6.07) is 0. The molecule has 0 aromatic heterocycles. The third kappa shape index (κ3) is 27.4. The summed E-state index contributed by atoms with van der Waals surface area (Å²) in [6.45, 7) is 48.6. The van der Waals surface area contributed by atoms with Crippen LogP contribution in [0.1, 0.15) is 377 Å². The molecule has 5 saturated heterocycles. The molecular formula is C113H188O28. The molecule has 23 aliphatic rings. The van der Waals surface area contributed by atoms with E-state index in [0.717, 1.165) is 192 Å².